The first-order chi connectivity index (χ1) is 21.2. The van der Waals surface area contributed by atoms with Gasteiger partial charge in [-0.3, -0.25) is 0 Å². The average Bonchev–Trinajstić information content (AvgIpc) is 3.39. The molecule has 2 atom stereocenters. The topological polar surface area (TPSA) is 110 Å². The molecule has 4 aromatic rings. The van der Waals surface area contributed by atoms with Crippen LogP contribution in [0.4, 0.5) is 4.39 Å². The zero-order chi connectivity index (χ0) is 30.6. The normalized spacial score (nSPS) is 25.6. The van der Waals surface area contributed by atoms with Gasteiger partial charge in [0.1, 0.15) is 18.2 Å². The van der Waals surface area contributed by atoms with E-state index in [2.05, 4.69) is 18.4 Å². The molecule has 44 heavy (non-hydrogen) atoms. The van der Waals surface area contributed by atoms with Gasteiger partial charge in [0.2, 0.25) is 5.88 Å². The van der Waals surface area contributed by atoms with E-state index in [-0.39, 0.29) is 34.6 Å². The van der Waals surface area contributed by atoms with Crippen LogP contribution in [0.2, 0.25) is 0 Å². The molecule has 9 heteroatoms. The summed E-state index contributed by atoms with van der Waals surface area (Å²) in [4.78, 5) is 21.7. The zero-order valence-electron chi connectivity index (χ0n) is 24.9. The molecule has 8 nitrogen and oxygen atoms in total. The van der Waals surface area contributed by atoms with Crippen molar-refractivity contribution < 1.29 is 23.8 Å². The van der Waals surface area contributed by atoms with Gasteiger partial charge in [0.25, 0.3) is 0 Å². The van der Waals surface area contributed by atoms with Crippen molar-refractivity contribution in [3.05, 3.63) is 88.6 Å². The Labute approximate surface area is 255 Å². The summed E-state index contributed by atoms with van der Waals surface area (Å²) in [5.74, 6) is 0.770. The number of fused-ring (bicyclic) bond motifs is 1. The van der Waals surface area contributed by atoms with E-state index in [1.54, 1.807) is 30.3 Å². The fourth-order valence-electron chi connectivity index (χ4n) is 7.38. The van der Waals surface area contributed by atoms with Crippen molar-refractivity contribution in [3.8, 4) is 11.9 Å². The summed E-state index contributed by atoms with van der Waals surface area (Å²) in [5, 5.41) is 18.7. The Morgan fingerprint density at radius 3 is 2.68 bits per heavy atom. The van der Waals surface area contributed by atoms with Gasteiger partial charge in [-0.1, -0.05) is 26.0 Å². The molecular weight excluding hydrogens is 559 g/mol. The van der Waals surface area contributed by atoms with Gasteiger partial charge in [0.15, 0.2) is 0 Å². The van der Waals surface area contributed by atoms with Gasteiger partial charge in [-0.2, -0.15) is 5.26 Å². The summed E-state index contributed by atoms with van der Waals surface area (Å²) in [7, 11) is 0. The Kier molecular flexibility index (Phi) is 6.93. The molecule has 1 spiro atoms. The lowest BCUT2D eigenvalue weighted by atomic mass is 9.77. The van der Waals surface area contributed by atoms with Crippen molar-refractivity contribution in [2.24, 2.45) is 10.8 Å². The highest BCUT2D eigenvalue weighted by atomic mass is 19.1. The van der Waals surface area contributed by atoms with E-state index in [4.69, 9.17) is 24.7 Å². The van der Waals surface area contributed by atoms with Crippen molar-refractivity contribution in [1.29, 1.82) is 5.26 Å². The number of nitrogens with zero attached hydrogens (tertiary/aromatic N) is 4. The van der Waals surface area contributed by atoms with Crippen molar-refractivity contribution in [3.63, 3.8) is 0 Å². The second-order valence-electron chi connectivity index (χ2n) is 13.4. The third-order valence-electron chi connectivity index (χ3n) is 10.1. The van der Waals surface area contributed by atoms with Gasteiger partial charge < -0.3 is 19.1 Å². The molecule has 1 aliphatic heterocycles. The number of hydrogen-bond donors (Lipinski definition) is 1. The summed E-state index contributed by atoms with van der Waals surface area (Å²) in [5.41, 5.74) is 3.74. The third kappa shape index (κ3) is 5.01. The summed E-state index contributed by atoms with van der Waals surface area (Å²) in [6.07, 6.45) is 5.24. The Morgan fingerprint density at radius 2 is 1.98 bits per heavy atom. The van der Waals surface area contributed by atoms with Crippen LogP contribution in [-0.4, -0.2) is 38.8 Å². The Morgan fingerprint density at radius 1 is 1.16 bits per heavy atom. The Hall–Kier alpha value is -4.29. The molecular formula is C35H35FN4O4. The van der Waals surface area contributed by atoms with Crippen LogP contribution in [0.25, 0.3) is 11.0 Å². The first kappa shape index (κ1) is 28.5. The van der Waals surface area contributed by atoms with Crippen LogP contribution in [0.5, 0.6) is 5.88 Å². The fourth-order valence-corrected chi connectivity index (χ4v) is 7.38. The van der Waals surface area contributed by atoms with Gasteiger partial charge in [0, 0.05) is 34.6 Å². The molecule has 2 aromatic heterocycles. The summed E-state index contributed by atoms with van der Waals surface area (Å²) in [6.45, 7) is 5.71. The Bertz CT molecular complexity index is 1800. The van der Waals surface area contributed by atoms with Gasteiger partial charge in [-0.25, -0.2) is 19.2 Å². The third-order valence-corrected chi connectivity index (χ3v) is 10.1. The SMILES string of the molecule is CC1(C)COC[C@H]1n1c(C2CC23CCC(c2cccc(OCc4ccc(C#N)cc4F)n2)CC3)nc2ccc(C(=O)O)cc21. The average molecular weight is 595 g/mol. The van der Waals surface area contributed by atoms with Crippen LogP contribution in [0.15, 0.2) is 54.6 Å². The maximum atomic E-state index is 14.3. The molecule has 226 valence electrons. The number of carboxylic acids is 1. The minimum Gasteiger partial charge on any atom is -0.478 e. The van der Waals surface area contributed by atoms with Crippen LogP contribution in [-0.2, 0) is 11.3 Å². The number of benzene rings is 2. The van der Waals surface area contributed by atoms with Crippen LogP contribution in [0, 0.1) is 28.0 Å². The molecule has 1 saturated heterocycles. The van der Waals surface area contributed by atoms with E-state index in [0.717, 1.165) is 54.7 Å². The highest BCUT2D eigenvalue weighted by Gasteiger charge is 2.58. The maximum absolute atomic E-state index is 14.3. The highest BCUT2D eigenvalue weighted by molar-refractivity contribution is 5.92. The lowest BCUT2D eigenvalue weighted by Gasteiger charge is -2.31. The number of halogens is 1. The molecule has 0 radical (unpaired) electrons. The molecule has 7 rings (SSSR count). The molecule has 1 unspecified atom stereocenters. The van der Waals surface area contributed by atoms with Crippen LogP contribution in [0.3, 0.4) is 0 Å². The summed E-state index contributed by atoms with van der Waals surface area (Å²) in [6, 6.07) is 17.4. The minimum atomic E-state index is -0.936. The number of pyridine rings is 1. The van der Waals surface area contributed by atoms with Gasteiger partial charge in [-0.05, 0) is 73.9 Å². The highest BCUT2D eigenvalue weighted by Crippen LogP contribution is 2.68. The molecule has 2 saturated carbocycles. The van der Waals surface area contributed by atoms with E-state index in [1.807, 2.05) is 24.3 Å². The number of carbonyl (C=O) groups is 1. The Balaban J connectivity index is 1.08. The van der Waals surface area contributed by atoms with Crippen LogP contribution < -0.4 is 4.74 Å². The van der Waals surface area contributed by atoms with Crippen molar-refractivity contribution >= 4 is 17.0 Å². The van der Waals surface area contributed by atoms with E-state index >= 15 is 0 Å². The van der Waals surface area contributed by atoms with Gasteiger partial charge in [-0.15, -0.1) is 0 Å². The molecule has 2 aromatic carbocycles. The van der Waals surface area contributed by atoms with E-state index in [1.165, 1.54) is 6.07 Å². The molecule has 0 amide bonds. The number of ether oxygens (including phenoxy) is 2. The van der Waals surface area contributed by atoms with E-state index in [0.29, 0.717) is 36.5 Å². The maximum Gasteiger partial charge on any atom is 0.335 e. The monoisotopic (exact) mass is 594 g/mol. The molecule has 2 aliphatic carbocycles. The number of aromatic nitrogens is 3. The minimum absolute atomic E-state index is 0.0429. The van der Waals surface area contributed by atoms with Crippen LogP contribution >= 0.6 is 0 Å². The summed E-state index contributed by atoms with van der Waals surface area (Å²) < 4.78 is 28.4. The first-order valence-electron chi connectivity index (χ1n) is 15.3. The van der Waals surface area contributed by atoms with Gasteiger partial charge >= 0.3 is 5.97 Å². The standard InChI is InChI=1S/C35H35FN4O4/c1-34(2)20-43-19-30(34)40-29-15-23(33(41)42)8-9-28(29)39-32(40)25-16-35(25)12-10-22(11-13-35)27-4-3-5-31(38-27)44-18-24-7-6-21(17-37)14-26(24)36/h3-9,14-15,22,25,30H,10-13,16,18-20H2,1-2H3,(H,41,42)/t22?,25?,30-,35?/m1/s1. The molecule has 1 N–H and O–H groups in total. The van der Waals surface area contributed by atoms with Gasteiger partial charge in [0.05, 0.1) is 47.5 Å². The first-order valence-corrected chi connectivity index (χ1v) is 15.3. The lowest BCUT2D eigenvalue weighted by Crippen LogP contribution is -2.27. The van der Waals surface area contributed by atoms with Crippen molar-refractivity contribution in [2.45, 2.75) is 70.4 Å². The van der Waals surface area contributed by atoms with E-state index in [9.17, 15) is 14.3 Å². The number of hydrogen-bond acceptors (Lipinski definition) is 6. The second kappa shape index (κ2) is 10.7. The summed E-state index contributed by atoms with van der Waals surface area (Å²) >= 11 is 0. The van der Waals surface area contributed by atoms with Crippen LogP contribution in [0.1, 0.15) is 96.8 Å². The number of carboxylic acid groups (broad SMARTS) is 1. The van der Waals surface area contributed by atoms with E-state index < -0.39 is 11.8 Å². The largest absolute Gasteiger partial charge is 0.478 e. The smallest absolute Gasteiger partial charge is 0.335 e. The predicted molar refractivity (Wildman–Crippen MR) is 161 cm³/mol. The number of imidazole rings is 1. The zero-order valence-corrected chi connectivity index (χ0v) is 24.9. The fraction of sp³-hybridized carbons (Fsp3) is 0.429. The predicted octanol–water partition coefficient (Wildman–Crippen LogP) is 7.15. The quantitative estimate of drug-likeness (QED) is 0.242. The number of aromatic carboxylic acids is 1. The number of rotatable bonds is 7. The molecule has 0 bridgehead atoms. The second-order valence-corrected chi connectivity index (χ2v) is 13.4. The van der Waals surface area contributed by atoms with Crippen molar-refractivity contribution in [2.75, 3.05) is 13.2 Å². The molecule has 3 fully saturated rings. The number of nitriles is 1. The van der Waals surface area contributed by atoms with Crippen molar-refractivity contribution in [1.82, 2.24) is 14.5 Å². The molecule has 3 heterocycles. The lowest BCUT2D eigenvalue weighted by molar-refractivity contribution is 0.0697. The molecule has 3 aliphatic rings.